The molecule has 0 rings (SSSR count). The molecule has 9 nitrogen and oxygen atoms in total. The number of carbonyl (C=O) groups is 4. The summed E-state index contributed by atoms with van der Waals surface area (Å²) in [7, 11) is 0. The van der Waals surface area contributed by atoms with E-state index in [1.165, 1.54) is 0 Å². The molecule has 4 unspecified atom stereocenters. The zero-order chi connectivity index (χ0) is 23.6. The maximum atomic E-state index is 12.7. The summed E-state index contributed by atoms with van der Waals surface area (Å²) in [4.78, 5) is 49.1. The summed E-state index contributed by atoms with van der Waals surface area (Å²) in [6.07, 6.45) is 0.580. The number of nitrogens with one attached hydrogen (secondary N) is 3. The van der Waals surface area contributed by atoms with Gasteiger partial charge in [-0.05, 0) is 30.6 Å². The number of thiol groups is 1. The van der Waals surface area contributed by atoms with Gasteiger partial charge in [0.05, 0.1) is 6.04 Å². The molecule has 30 heavy (non-hydrogen) atoms. The fourth-order valence-corrected chi connectivity index (χ4v) is 2.96. The molecular formula is C20H38N4O5S. The highest BCUT2D eigenvalue weighted by atomic mass is 32.1. The number of carboxylic acids is 1. The average molecular weight is 447 g/mol. The summed E-state index contributed by atoms with van der Waals surface area (Å²) < 4.78 is 0. The van der Waals surface area contributed by atoms with E-state index < -0.39 is 47.9 Å². The lowest BCUT2D eigenvalue weighted by molar-refractivity contribution is -0.143. The van der Waals surface area contributed by atoms with E-state index in [1.54, 1.807) is 13.8 Å². The third kappa shape index (κ3) is 10.3. The second-order valence-corrected chi connectivity index (χ2v) is 9.10. The summed E-state index contributed by atoms with van der Waals surface area (Å²) in [5.74, 6) is -2.72. The second-order valence-electron chi connectivity index (χ2n) is 8.73. The Morgan fingerprint density at radius 2 is 1.17 bits per heavy atom. The van der Waals surface area contributed by atoms with E-state index in [1.807, 2.05) is 27.7 Å². The highest BCUT2D eigenvalue weighted by Gasteiger charge is 2.30. The number of hydrogen-bond donors (Lipinski definition) is 6. The van der Waals surface area contributed by atoms with Crippen LogP contribution in [-0.2, 0) is 19.2 Å². The predicted octanol–water partition coefficient (Wildman–Crippen LogP) is 0.531. The molecule has 6 N–H and O–H groups in total. The van der Waals surface area contributed by atoms with E-state index in [-0.39, 0.29) is 29.9 Å². The van der Waals surface area contributed by atoms with Crippen molar-refractivity contribution in [2.24, 2.45) is 23.5 Å². The summed E-state index contributed by atoms with van der Waals surface area (Å²) in [6.45, 7) is 11.1. The summed E-state index contributed by atoms with van der Waals surface area (Å²) in [6, 6.07) is -3.74. The highest BCUT2D eigenvalue weighted by Crippen LogP contribution is 2.09. The van der Waals surface area contributed by atoms with Crippen LogP contribution in [0.2, 0.25) is 0 Å². The van der Waals surface area contributed by atoms with E-state index in [2.05, 4.69) is 28.6 Å². The first-order valence-corrected chi connectivity index (χ1v) is 10.9. The Morgan fingerprint density at radius 1 is 0.767 bits per heavy atom. The van der Waals surface area contributed by atoms with Crippen molar-refractivity contribution >= 4 is 36.3 Å². The van der Waals surface area contributed by atoms with E-state index in [4.69, 9.17) is 5.73 Å². The smallest absolute Gasteiger partial charge is 0.326 e. The van der Waals surface area contributed by atoms with Gasteiger partial charge < -0.3 is 26.8 Å². The molecule has 0 saturated heterocycles. The SMILES string of the molecule is CC(C)CC(NC(=O)C(CC(C)C)NC(=O)C(CS)NC(=O)C(N)C(C)C)C(=O)O. The first kappa shape index (κ1) is 28.2. The Morgan fingerprint density at radius 3 is 1.57 bits per heavy atom. The zero-order valence-electron chi connectivity index (χ0n) is 18.8. The average Bonchev–Trinajstić information content (AvgIpc) is 2.62. The van der Waals surface area contributed by atoms with Gasteiger partial charge >= 0.3 is 5.97 Å². The normalized spacial score (nSPS) is 15.4. The van der Waals surface area contributed by atoms with E-state index >= 15 is 0 Å². The van der Waals surface area contributed by atoms with Gasteiger partial charge in [-0.2, -0.15) is 12.6 Å². The van der Waals surface area contributed by atoms with Crippen LogP contribution in [-0.4, -0.2) is 58.7 Å². The van der Waals surface area contributed by atoms with Crippen molar-refractivity contribution in [3.8, 4) is 0 Å². The minimum absolute atomic E-state index is 0.0174. The Bertz CT molecular complexity index is 598. The lowest BCUT2D eigenvalue weighted by atomic mass is 10.00. The van der Waals surface area contributed by atoms with Crippen LogP contribution in [0.25, 0.3) is 0 Å². The van der Waals surface area contributed by atoms with Gasteiger partial charge in [0.1, 0.15) is 18.1 Å². The lowest BCUT2D eigenvalue weighted by Crippen LogP contribution is -2.58. The van der Waals surface area contributed by atoms with Crippen molar-refractivity contribution in [2.45, 2.75) is 78.6 Å². The molecule has 0 aromatic carbocycles. The van der Waals surface area contributed by atoms with Gasteiger partial charge in [-0.1, -0.05) is 41.5 Å². The number of carboxylic acid groups (broad SMARTS) is 1. The maximum Gasteiger partial charge on any atom is 0.326 e. The van der Waals surface area contributed by atoms with Gasteiger partial charge in [0, 0.05) is 5.75 Å². The van der Waals surface area contributed by atoms with E-state index in [9.17, 15) is 24.3 Å². The predicted molar refractivity (Wildman–Crippen MR) is 119 cm³/mol. The van der Waals surface area contributed by atoms with Crippen LogP contribution in [0.5, 0.6) is 0 Å². The number of carbonyl (C=O) groups excluding carboxylic acids is 3. The molecule has 0 radical (unpaired) electrons. The van der Waals surface area contributed by atoms with Crippen LogP contribution < -0.4 is 21.7 Å². The molecule has 3 amide bonds. The minimum Gasteiger partial charge on any atom is -0.480 e. The molecule has 0 aliphatic carbocycles. The van der Waals surface area contributed by atoms with E-state index in [0.717, 1.165) is 0 Å². The van der Waals surface area contributed by atoms with Gasteiger partial charge in [0.2, 0.25) is 17.7 Å². The van der Waals surface area contributed by atoms with Crippen molar-refractivity contribution in [3.05, 3.63) is 0 Å². The molecule has 174 valence electrons. The van der Waals surface area contributed by atoms with Crippen LogP contribution in [0.4, 0.5) is 0 Å². The minimum atomic E-state index is -1.13. The number of hydrogen-bond acceptors (Lipinski definition) is 6. The molecular weight excluding hydrogens is 408 g/mol. The summed E-state index contributed by atoms with van der Waals surface area (Å²) in [5, 5.41) is 17.1. The largest absolute Gasteiger partial charge is 0.480 e. The Hall–Kier alpha value is -1.81. The molecule has 0 aromatic rings. The molecule has 0 heterocycles. The fraction of sp³-hybridized carbons (Fsp3) is 0.800. The van der Waals surface area contributed by atoms with Gasteiger partial charge in [-0.15, -0.1) is 0 Å². The standard InChI is InChI=1S/C20H38N4O5S/c1-10(2)7-13(17(25)23-14(20(28)29)8-11(3)4)22-18(26)15(9-30)24-19(27)16(21)12(5)6/h10-16,30H,7-9,21H2,1-6H3,(H,22,26)(H,23,25)(H,24,27)(H,28,29). The summed E-state index contributed by atoms with van der Waals surface area (Å²) in [5.41, 5.74) is 5.81. The zero-order valence-corrected chi connectivity index (χ0v) is 19.7. The van der Waals surface area contributed by atoms with Crippen LogP contribution in [0, 0.1) is 17.8 Å². The van der Waals surface area contributed by atoms with Crippen LogP contribution in [0.3, 0.4) is 0 Å². The fourth-order valence-electron chi connectivity index (χ4n) is 2.71. The Labute approximate surface area is 184 Å². The monoisotopic (exact) mass is 446 g/mol. The van der Waals surface area contributed by atoms with Crippen molar-refractivity contribution in [3.63, 3.8) is 0 Å². The number of amides is 3. The highest BCUT2D eigenvalue weighted by molar-refractivity contribution is 7.80. The Balaban J connectivity index is 5.28. The van der Waals surface area contributed by atoms with E-state index in [0.29, 0.717) is 6.42 Å². The maximum absolute atomic E-state index is 12.7. The molecule has 10 heteroatoms. The Kier molecular flexibility index (Phi) is 12.7. The first-order valence-electron chi connectivity index (χ1n) is 10.3. The van der Waals surface area contributed by atoms with Crippen molar-refractivity contribution in [1.29, 1.82) is 0 Å². The van der Waals surface area contributed by atoms with Gasteiger partial charge in [-0.25, -0.2) is 4.79 Å². The number of rotatable bonds is 13. The number of nitrogens with two attached hydrogens (primary N) is 1. The number of aliphatic carboxylic acids is 1. The van der Waals surface area contributed by atoms with Crippen molar-refractivity contribution in [1.82, 2.24) is 16.0 Å². The van der Waals surface area contributed by atoms with Crippen LogP contribution in [0.1, 0.15) is 54.4 Å². The topological polar surface area (TPSA) is 151 Å². The van der Waals surface area contributed by atoms with Crippen molar-refractivity contribution < 1.29 is 24.3 Å². The quantitative estimate of drug-likeness (QED) is 0.227. The molecule has 0 aromatic heterocycles. The summed E-state index contributed by atoms with van der Waals surface area (Å²) >= 11 is 4.12. The molecule has 0 bridgehead atoms. The van der Waals surface area contributed by atoms with Gasteiger partial charge in [0.25, 0.3) is 0 Å². The van der Waals surface area contributed by atoms with Crippen LogP contribution >= 0.6 is 12.6 Å². The lowest BCUT2D eigenvalue weighted by Gasteiger charge is -2.26. The molecule has 0 saturated carbocycles. The third-order valence-electron chi connectivity index (χ3n) is 4.50. The molecule has 0 aliphatic heterocycles. The second kappa shape index (κ2) is 13.5. The molecule has 4 atom stereocenters. The van der Waals surface area contributed by atoms with Crippen molar-refractivity contribution in [2.75, 3.05) is 5.75 Å². The first-order chi connectivity index (χ1) is 13.8. The third-order valence-corrected chi connectivity index (χ3v) is 4.86. The van der Waals surface area contributed by atoms with Crippen LogP contribution in [0.15, 0.2) is 0 Å². The molecule has 0 fully saturated rings. The molecule has 0 spiro atoms. The van der Waals surface area contributed by atoms with Gasteiger partial charge in [0.15, 0.2) is 0 Å². The molecule has 0 aliphatic rings. The van der Waals surface area contributed by atoms with Gasteiger partial charge in [-0.3, -0.25) is 14.4 Å².